The Morgan fingerprint density at radius 1 is 0.368 bits per heavy atom. The Balaban J connectivity index is 1.92. The molecule has 410 valence electrons. The van der Waals surface area contributed by atoms with E-state index in [1.165, 1.54) is 66.4 Å². The quantitative estimate of drug-likeness (QED) is 0.0615. The first kappa shape index (κ1) is 60.3. The Morgan fingerprint density at radius 3 is 0.855 bits per heavy atom. The molecule has 8 nitrogen and oxygen atoms in total. The molecule has 1 atom stereocenters. The zero-order chi connectivity index (χ0) is 56.4. The van der Waals surface area contributed by atoms with E-state index in [9.17, 15) is 15.3 Å². The van der Waals surface area contributed by atoms with Gasteiger partial charge in [0.1, 0.15) is 5.75 Å². The van der Waals surface area contributed by atoms with Crippen molar-refractivity contribution in [3.8, 4) is 16.9 Å². The van der Waals surface area contributed by atoms with E-state index >= 15 is 0 Å². The fourth-order valence-electron chi connectivity index (χ4n) is 11.4. The van der Waals surface area contributed by atoms with Gasteiger partial charge in [-0.2, -0.15) is 0 Å². The van der Waals surface area contributed by atoms with Gasteiger partial charge in [0.2, 0.25) is 0 Å². The van der Waals surface area contributed by atoms with Gasteiger partial charge < -0.3 is 39.7 Å². The molecule has 0 spiro atoms. The summed E-state index contributed by atoms with van der Waals surface area (Å²) in [4.78, 5) is 8.87. The molecular formula is C66H92N4O4P2. The number of aliphatic hydroxyl groups is 3. The number of benzene rings is 6. The number of hydrogen-bond acceptors (Lipinski definition) is 8. The van der Waals surface area contributed by atoms with Crippen molar-refractivity contribution in [2.24, 2.45) is 0 Å². The van der Waals surface area contributed by atoms with Crippen molar-refractivity contribution in [2.45, 2.75) is 138 Å². The van der Waals surface area contributed by atoms with E-state index in [-0.39, 0.29) is 55.3 Å². The Labute approximate surface area is 461 Å². The zero-order valence-electron chi connectivity index (χ0n) is 50.1. The molecule has 0 aliphatic carbocycles. The standard InChI is InChI=1S/C66H92N4O4P2/c1-39(2)52-29-49(30-53(40(3)4)64(52)68(15)16)75(48-28-47(38-73)63(67(13)14)58(35-48)74-21)59-26-22-24-45(36-71)61(59)62-46(37-72)25-23-27-60(62)76(50-31-54(41(5)6)65(69(17)18)55(32-50)42(7)8)51-33-56(43(9)10)66(70(19)20)57(34-51)44(11)12/h22-35,39-44,71-73H,36-38H2,1-21H3. The topological polar surface area (TPSA) is 82.9 Å². The molecule has 10 heteroatoms. The van der Waals surface area contributed by atoms with Crippen LogP contribution < -0.4 is 56.2 Å². The average molecular weight is 1070 g/mol. The third-order valence-electron chi connectivity index (χ3n) is 14.9. The van der Waals surface area contributed by atoms with Crippen LogP contribution in [0.1, 0.15) is 169 Å². The van der Waals surface area contributed by atoms with Gasteiger partial charge in [-0.15, -0.1) is 0 Å². The maximum absolute atomic E-state index is 11.9. The van der Waals surface area contributed by atoms with Crippen LogP contribution in [0.4, 0.5) is 22.7 Å². The van der Waals surface area contributed by atoms with Crippen LogP contribution in [0.5, 0.6) is 5.75 Å². The molecule has 0 aromatic heterocycles. The van der Waals surface area contributed by atoms with E-state index in [2.05, 4.69) is 225 Å². The molecule has 3 N–H and O–H groups in total. The molecule has 0 saturated carbocycles. The Morgan fingerprint density at radius 2 is 0.632 bits per heavy atom. The van der Waals surface area contributed by atoms with Crippen molar-refractivity contribution in [3.05, 3.63) is 135 Å². The molecule has 0 amide bonds. The smallest absolute Gasteiger partial charge is 0.143 e. The van der Waals surface area contributed by atoms with Gasteiger partial charge in [-0.3, -0.25) is 0 Å². The Bertz CT molecular complexity index is 2800. The summed E-state index contributed by atoms with van der Waals surface area (Å²) in [5.41, 5.74) is 16.7. The number of hydrogen-bond donors (Lipinski definition) is 3. The first-order chi connectivity index (χ1) is 35.8. The number of methoxy groups -OCH3 is 1. The van der Waals surface area contributed by atoms with Gasteiger partial charge in [0.25, 0.3) is 0 Å². The predicted molar refractivity (Wildman–Crippen MR) is 335 cm³/mol. The van der Waals surface area contributed by atoms with Gasteiger partial charge in [-0.05, 0) is 187 Å². The van der Waals surface area contributed by atoms with Crippen molar-refractivity contribution in [1.82, 2.24) is 0 Å². The molecule has 0 heterocycles. The summed E-state index contributed by atoms with van der Waals surface area (Å²) in [6.45, 7) is 27.0. The van der Waals surface area contributed by atoms with Gasteiger partial charge in [-0.1, -0.05) is 119 Å². The second kappa shape index (κ2) is 25.2. The molecule has 6 aromatic carbocycles. The lowest BCUT2D eigenvalue weighted by atomic mass is 9.92. The first-order valence-corrected chi connectivity index (χ1v) is 30.1. The van der Waals surface area contributed by atoms with Crippen LogP contribution in [0.15, 0.2) is 84.9 Å². The summed E-state index contributed by atoms with van der Waals surface area (Å²) in [6, 6.07) is 32.1. The minimum Gasteiger partial charge on any atom is -0.495 e. The molecule has 0 aliphatic heterocycles. The van der Waals surface area contributed by atoms with Gasteiger partial charge in [-0.25, -0.2) is 0 Å². The van der Waals surface area contributed by atoms with Crippen molar-refractivity contribution < 1.29 is 20.1 Å². The molecule has 0 bridgehead atoms. The van der Waals surface area contributed by atoms with Crippen molar-refractivity contribution in [1.29, 1.82) is 0 Å². The summed E-state index contributed by atoms with van der Waals surface area (Å²) in [7, 11) is 15.8. The summed E-state index contributed by atoms with van der Waals surface area (Å²) >= 11 is 0. The SMILES string of the molecule is COc1cc(P(c2cc(C(C)C)c(N(C)C)c(C(C)C)c2)c2cccc(CO)c2-c2c(CO)cccc2P(c2cc(C(C)C)c(N(C)C)c(C(C)C)c2)c2cc(C(C)C)c(N(C)C)c(C(C)C)c2)cc(CO)c1N(C)C. The largest absolute Gasteiger partial charge is 0.495 e. The lowest BCUT2D eigenvalue weighted by molar-refractivity contribution is 0.280. The molecule has 0 aliphatic rings. The van der Waals surface area contributed by atoms with Gasteiger partial charge in [0.15, 0.2) is 0 Å². The molecule has 6 aromatic rings. The van der Waals surface area contributed by atoms with E-state index in [0.717, 1.165) is 49.4 Å². The Kier molecular flexibility index (Phi) is 20.0. The van der Waals surface area contributed by atoms with E-state index < -0.39 is 15.8 Å². The Hall–Kier alpha value is -4.94. The van der Waals surface area contributed by atoms with E-state index in [4.69, 9.17) is 4.74 Å². The van der Waals surface area contributed by atoms with E-state index in [0.29, 0.717) is 5.75 Å². The maximum atomic E-state index is 11.9. The molecule has 0 saturated heterocycles. The van der Waals surface area contributed by atoms with Crippen molar-refractivity contribution in [3.63, 3.8) is 0 Å². The number of rotatable bonds is 21. The molecular weight excluding hydrogens is 975 g/mol. The number of aliphatic hydroxyl groups excluding tert-OH is 3. The van der Waals surface area contributed by atoms with Crippen LogP contribution >= 0.6 is 15.8 Å². The number of nitrogens with zero attached hydrogens (tertiary/aromatic N) is 4. The second-order valence-electron chi connectivity index (χ2n) is 23.3. The fraction of sp³-hybridized carbons (Fsp3) is 0.455. The summed E-state index contributed by atoms with van der Waals surface area (Å²) < 4.78 is 6.26. The van der Waals surface area contributed by atoms with Gasteiger partial charge in [0, 0.05) is 79.0 Å². The highest BCUT2D eigenvalue weighted by Crippen LogP contribution is 2.49. The highest BCUT2D eigenvalue weighted by Gasteiger charge is 2.33. The lowest BCUT2D eigenvalue weighted by Gasteiger charge is -2.33. The minimum absolute atomic E-state index is 0.174. The minimum atomic E-state index is -1.46. The monoisotopic (exact) mass is 1070 g/mol. The third-order valence-corrected chi connectivity index (χ3v) is 19.7. The fourth-order valence-corrected chi connectivity index (χ4v) is 16.6. The molecule has 6 rings (SSSR count). The summed E-state index contributed by atoms with van der Waals surface area (Å²) in [5.74, 6) is 2.11. The second-order valence-corrected chi connectivity index (χ2v) is 27.7. The highest BCUT2D eigenvalue weighted by atomic mass is 31.1. The molecule has 76 heavy (non-hydrogen) atoms. The van der Waals surface area contributed by atoms with Crippen LogP contribution in [0.3, 0.4) is 0 Å². The first-order valence-electron chi connectivity index (χ1n) is 27.5. The van der Waals surface area contributed by atoms with Crippen LogP contribution in [0.2, 0.25) is 0 Å². The number of anilines is 4. The summed E-state index contributed by atoms with van der Waals surface area (Å²) in [6.07, 6.45) is 0. The van der Waals surface area contributed by atoms with E-state index in [1.807, 2.05) is 19.0 Å². The zero-order valence-corrected chi connectivity index (χ0v) is 51.9. The predicted octanol–water partition coefficient (Wildman–Crippen LogP) is 12.4. The van der Waals surface area contributed by atoms with Crippen LogP contribution in [0.25, 0.3) is 11.1 Å². The lowest BCUT2D eigenvalue weighted by Crippen LogP contribution is -2.30. The van der Waals surface area contributed by atoms with Crippen LogP contribution in [-0.2, 0) is 19.8 Å². The van der Waals surface area contributed by atoms with E-state index in [1.54, 1.807) is 7.11 Å². The number of ether oxygens (including phenoxy) is 1. The molecule has 0 radical (unpaired) electrons. The average Bonchev–Trinajstić information content (AvgIpc) is 3.36. The van der Waals surface area contributed by atoms with Crippen LogP contribution in [-0.4, -0.2) is 78.8 Å². The summed E-state index contributed by atoms with van der Waals surface area (Å²) in [5, 5.41) is 41.9. The highest BCUT2D eigenvalue weighted by molar-refractivity contribution is 7.80. The van der Waals surface area contributed by atoms with Crippen LogP contribution in [0, 0.1) is 0 Å². The normalized spacial score (nSPS) is 12.4. The third kappa shape index (κ3) is 12.0. The van der Waals surface area contributed by atoms with Gasteiger partial charge in [0.05, 0.1) is 32.6 Å². The van der Waals surface area contributed by atoms with Crippen molar-refractivity contribution in [2.75, 3.05) is 83.1 Å². The molecule has 1 unspecified atom stereocenters. The molecule has 0 fully saturated rings. The van der Waals surface area contributed by atoms with Crippen molar-refractivity contribution >= 4 is 70.4 Å². The maximum Gasteiger partial charge on any atom is 0.143 e. The van der Waals surface area contributed by atoms with Gasteiger partial charge >= 0.3 is 0 Å².